The number of anilines is 1. The smallest absolute Gasteiger partial charge is 0.279 e. The maximum Gasteiger partial charge on any atom is 0.279 e. The predicted molar refractivity (Wildman–Crippen MR) is 78.3 cm³/mol. The number of rotatable bonds is 3. The van der Waals surface area contributed by atoms with Gasteiger partial charge in [0.25, 0.3) is 5.91 Å². The standard InChI is InChI=1S/C14H18BrFN2O2/c1-9-6-18(7-10(2)20-9)8-14(19)17-13-4-3-11(15)5-12(13)16/h3-5,9-10H,6-8H2,1-2H3,(H,17,19)/p+1/t9-,10-/m1/s1. The Morgan fingerprint density at radius 2 is 2.10 bits per heavy atom. The van der Waals surface area contributed by atoms with Crippen LogP contribution >= 0.6 is 15.9 Å². The van der Waals surface area contributed by atoms with Crippen LogP contribution in [0.2, 0.25) is 0 Å². The number of halogens is 2. The molecule has 0 aliphatic carbocycles. The normalized spacial score (nSPS) is 26.3. The van der Waals surface area contributed by atoms with Crippen molar-refractivity contribution in [3.63, 3.8) is 0 Å². The number of hydrogen-bond acceptors (Lipinski definition) is 2. The zero-order valence-electron chi connectivity index (χ0n) is 11.6. The van der Waals surface area contributed by atoms with E-state index < -0.39 is 5.82 Å². The van der Waals surface area contributed by atoms with E-state index in [4.69, 9.17) is 4.74 Å². The molecule has 0 unspecified atom stereocenters. The molecule has 0 bridgehead atoms. The van der Waals surface area contributed by atoms with Crippen LogP contribution in [0.25, 0.3) is 0 Å². The lowest BCUT2D eigenvalue weighted by Gasteiger charge is -2.31. The molecule has 1 fully saturated rings. The quantitative estimate of drug-likeness (QED) is 0.864. The van der Waals surface area contributed by atoms with Gasteiger partial charge in [0.1, 0.15) is 31.1 Å². The molecule has 20 heavy (non-hydrogen) atoms. The van der Waals surface area contributed by atoms with Crippen molar-refractivity contribution in [3.8, 4) is 0 Å². The third-order valence-electron chi connectivity index (χ3n) is 3.23. The van der Waals surface area contributed by atoms with E-state index in [1.165, 1.54) is 6.07 Å². The van der Waals surface area contributed by atoms with Crippen LogP contribution in [0.15, 0.2) is 22.7 Å². The van der Waals surface area contributed by atoms with Crippen LogP contribution < -0.4 is 10.2 Å². The fraction of sp³-hybridized carbons (Fsp3) is 0.500. The number of quaternary nitrogens is 1. The molecule has 1 heterocycles. The first kappa shape index (κ1) is 15.4. The molecule has 2 atom stereocenters. The fourth-order valence-corrected chi connectivity index (χ4v) is 2.88. The molecule has 0 saturated carbocycles. The van der Waals surface area contributed by atoms with Gasteiger partial charge < -0.3 is 15.0 Å². The zero-order chi connectivity index (χ0) is 14.7. The summed E-state index contributed by atoms with van der Waals surface area (Å²) >= 11 is 3.18. The number of nitrogens with one attached hydrogen (secondary N) is 2. The van der Waals surface area contributed by atoms with Crippen molar-refractivity contribution in [1.29, 1.82) is 0 Å². The van der Waals surface area contributed by atoms with E-state index in [2.05, 4.69) is 21.2 Å². The number of carbonyl (C=O) groups is 1. The third-order valence-corrected chi connectivity index (χ3v) is 3.73. The minimum Gasteiger partial charge on any atom is -0.364 e. The second-order valence-electron chi connectivity index (χ2n) is 5.26. The number of hydrogen-bond donors (Lipinski definition) is 2. The molecule has 1 aromatic rings. The lowest BCUT2D eigenvalue weighted by atomic mass is 10.2. The van der Waals surface area contributed by atoms with Crippen LogP contribution in [0.3, 0.4) is 0 Å². The van der Waals surface area contributed by atoms with Crippen molar-refractivity contribution >= 4 is 27.5 Å². The highest BCUT2D eigenvalue weighted by Crippen LogP contribution is 2.18. The maximum absolute atomic E-state index is 13.6. The van der Waals surface area contributed by atoms with Gasteiger partial charge in [0.2, 0.25) is 0 Å². The van der Waals surface area contributed by atoms with Gasteiger partial charge in [0, 0.05) is 4.47 Å². The van der Waals surface area contributed by atoms with E-state index in [0.29, 0.717) is 11.0 Å². The van der Waals surface area contributed by atoms with Gasteiger partial charge in [-0.25, -0.2) is 4.39 Å². The number of carbonyl (C=O) groups excluding carboxylic acids is 1. The van der Waals surface area contributed by atoms with E-state index in [9.17, 15) is 9.18 Å². The van der Waals surface area contributed by atoms with Crippen molar-refractivity contribution < 1.29 is 18.8 Å². The average molecular weight is 346 g/mol. The van der Waals surface area contributed by atoms with E-state index >= 15 is 0 Å². The van der Waals surface area contributed by atoms with Gasteiger partial charge in [-0.3, -0.25) is 4.79 Å². The largest absolute Gasteiger partial charge is 0.364 e. The summed E-state index contributed by atoms with van der Waals surface area (Å²) in [6.45, 7) is 5.92. The molecule has 1 amide bonds. The third kappa shape index (κ3) is 4.26. The highest BCUT2D eigenvalue weighted by Gasteiger charge is 2.27. The molecular weight excluding hydrogens is 327 g/mol. The number of benzene rings is 1. The Balaban J connectivity index is 1.92. The maximum atomic E-state index is 13.6. The Morgan fingerprint density at radius 3 is 2.70 bits per heavy atom. The van der Waals surface area contributed by atoms with Crippen molar-refractivity contribution in [1.82, 2.24) is 0 Å². The molecule has 1 saturated heterocycles. The summed E-state index contributed by atoms with van der Waals surface area (Å²) in [5, 5.41) is 2.62. The Morgan fingerprint density at radius 1 is 1.45 bits per heavy atom. The summed E-state index contributed by atoms with van der Waals surface area (Å²) in [6, 6.07) is 4.59. The lowest BCUT2D eigenvalue weighted by molar-refractivity contribution is -0.907. The molecule has 0 aromatic heterocycles. The molecule has 4 nitrogen and oxygen atoms in total. The van der Waals surface area contributed by atoms with Gasteiger partial charge in [-0.05, 0) is 32.0 Å². The Hall–Kier alpha value is -0.980. The molecule has 0 spiro atoms. The van der Waals surface area contributed by atoms with Crippen molar-refractivity contribution in [2.24, 2.45) is 0 Å². The fourth-order valence-electron chi connectivity index (χ4n) is 2.55. The van der Waals surface area contributed by atoms with E-state index in [1.54, 1.807) is 12.1 Å². The minimum atomic E-state index is -0.438. The summed E-state index contributed by atoms with van der Waals surface area (Å²) in [4.78, 5) is 13.1. The van der Waals surface area contributed by atoms with Gasteiger partial charge in [0.15, 0.2) is 6.54 Å². The first-order valence-electron chi connectivity index (χ1n) is 6.68. The van der Waals surface area contributed by atoms with E-state index in [-0.39, 0.29) is 23.8 Å². The summed E-state index contributed by atoms with van der Waals surface area (Å²) in [6.07, 6.45) is 0.289. The molecule has 1 aliphatic rings. The van der Waals surface area contributed by atoms with Crippen molar-refractivity contribution in [2.45, 2.75) is 26.1 Å². The van der Waals surface area contributed by atoms with Gasteiger partial charge in [-0.2, -0.15) is 0 Å². The highest BCUT2D eigenvalue weighted by molar-refractivity contribution is 9.10. The minimum absolute atomic E-state index is 0.144. The zero-order valence-corrected chi connectivity index (χ0v) is 13.2. The van der Waals surface area contributed by atoms with E-state index in [0.717, 1.165) is 18.0 Å². The second-order valence-corrected chi connectivity index (χ2v) is 6.18. The molecule has 1 aromatic carbocycles. The monoisotopic (exact) mass is 345 g/mol. The van der Waals surface area contributed by atoms with Crippen molar-refractivity contribution in [2.75, 3.05) is 25.0 Å². The Kier molecular flexibility index (Phi) is 5.12. The van der Waals surface area contributed by atoms with Crippen LogP contribution in [0.5, 0.6) is 0 Å². The SMILES string of the molecule is C[C@@H]1C[NH+](CC(=O)Nc2ccc(Br)cc2F)C[C@@H](C)O1. The van der Waals surface area contributed by atoms with Crippen LogP contribution in [-0.2, 0) is 9.53 Å². The number of morpholine rings is 1. The summed E-state index contributed by atoms with van der Waals surface area (Å²) in [5.41, 5.74) is 0.215. The van der Waals surface area contributed by atoms with E-state index in [1.807, 2.05) is 13.8 Å². The topological polar surface area (TPSA) is 42.8 Å². The van der Waals surface area contributed by atoms with Crippen LogP contribution in [0.1, 0.15) is 13.8 Å². The molecule has 6 heteroatoms. The molecule has 0 radical (unpaired) electrons. The van der Waals surface area contributed by atoms with Gasteiger partial charge in [-0.1, -0.05) is 15.9 Å². The molecule has 1 aliphatic heterocycles. The van der Waals surface area contributed by atoms with Crippen LogP contribution in [0, 0.1) is 5.82 Å². The molecule has 2 N–H and O–H groups in total. The number of amides is 1. The van der Waals surface area contributed by atoms with Gasteiger partial charge >= 0.3 is 0 Å². The first-order valence-corrected chi connectivity index (χ1v) is 7.47. The predicted octanol–water partition coefficient (Wildman–Crippen LogP) is 1.22. The van der Waals surface area contributed by atoms with Crippen LogP contribution in [-0.4, -0.2) is 37.7 Å². The second kappa shape index (κ2) is 6.65. The lowest BCUT2D eigenvalue weighted by Crippen LogP contribution is -3.16. The number of ether oxygens (including phenoxy) is 1. The van der Waals surface area contributed by atoms with Crippen LogP contribution in [0.4, 0.5) is 10.1 Å². The Labute approximate surface area is 126 Å². The summed E-state index contributed by atoms with van der Waals surface area (Å²) in [7, 11) is 0. The van der Waals surface area contributed by atoms with Gasteiger partial charge in [-0.15, -0.1) is 0 Å². The molecular formula is C14H19BrFN2O2+. The Bertz CT molecular complexity index is 488. The van der Waals surface area contributed by atoms with Gasteiger partial charge in [0.05, 0.1) is 5.69 Å². The van der Waals surface area contributed by atoms with Crippen molar-refractivity contribution in [3.05, 3.63) is 28.5 Å². The first-order chi connectivity index (χ1) is 9.44. The molecule has 2 rings (SSSR count). The summed E-state index contributed by atoms with van der Waals surface area (Å²) < 4.78 is 19.9. The highest BCUT2D eigenvalue weighted by atomic mass is 79.9. The average Bonchev–Trinajstić information content (AvgIpc) is 2.31. The molecule has 110 valence electrons. The summed E-state index contributed by atoms with van der Waals surface area (Å²) in [5.74, 6) is -0.617.